The van der Waals surface area contributed by atoms with Crippen molar-refractivity contribution < 1.29 is 13.9 Å². The Balaban J connectivity index is 1.83. The Bertz CT molecular complexity index is 468. The molecule has 2 fully saturated rings. The van der Waals surface area contributed by atoms with Gasteiger partial charge in [0.2, 0.25) is 0 Å². The molecule has 0 aromatic heterocycles. The molecule has 0 amide bonds. The van der Waals surface area contributed by atoms with Crippen LogP contribution in [0.3, 0.4) is 0 Å². The maximum absolute atomic E-state index is 13.9. The summed E-state index contributed by atoms with van der Waals surface area (Å²) < 4.78 is 27.2. The van der Waals surface area contributed by atoms with E-state index in [-0.39, 0.29) is 5.56 Å². The molecular weight excluding hydrogens is 246 g/mol. The maximum atomic E-state index is 13.9. The van der Waals surface area contributed by atoms with E-state index in [2.05, 4.69) is 0 Å². The molecule has 0 heterocycles. The van der Waals surface area contributed by atoms with E-state index in [1.54, 1.807) is 0 Å². The van der Waals surface area contributed by atoms with Crippen LogP contribution in [0.5, 0.6) is 0 Å². The van der Waals surface area contributed by atoms with Gasteiger partial charge in [0.25, 0.3) is 0 Å². The van der Waals surface area contributed by atoms with Gasteiger partial charge in [-0.05, 0) is 50.0 Å². The predicted molar refractivity (Wildman–Crippen MR) is 69.6 cm³/mol. The fourth-order valence-electron chi connectivity index (χ4n) is 3.95. The van der Waals surface area contributed by atoms with E-state index in [1.165, 1.54) is 37.8 Å². The van der Waals surface area contributed by atoms with Crippen molar-refractivity contribution in [1.82, 2.24) is 0 Å². The quantitative estimate of drug-likeness (QED) is 0.804. The van der Waals surface area contributed by atoms with Crippen molar-refractivity contribution in [3.8, 4) is 0 Å². The van der Waals surface area contributed by atoms with Gasteiger partial charge in [0, 0.05) is 5.56 Å². The van der Waals surface area contributed by atoms with Crippen LogP contribution in [0.4, 0.5) is 8.78 Å². The molecule has 0 unspecified atom stereocenters. The molecule has 1 aromatic rings. The van der Waals surface area contributed by atoms with Crippen LogP contribution in [0, 0.1) is 17.0 Å². The molecule has 19 heavy (non-hydrogen) atoms. The van der Waals surface area contributed by atoms with Gasteiger partial charge in [-0.1, -0.05) is 25.0 Å². The highest BCUT2D eigenvalue weighted by Crippen LogP contribution is 2.53. The minimum absolute atomic E-state index is 0.139. The molecule has 0 atom stereocenters. The molecular formula is C16H20F2O. The average molecular weight is 266 g/mol. The van der Waals surface area contributed by atoms with Crippen molar-refractivity contribution in [3.63, 3.8) is 0 Å². The van der Waals surface area contributed by atoms with Gasteiger partial charge in [-0.25, -0.2) is 8.78 Å². The molecule has 2 aliphatic rings. The third-order valence-electron chi connectivity index (χ3n) is 5.25. The lowest BCUT2D eigenvalue weighted by Gasteiger charge is -2.42. The number of hydrogen-bond donors (Lipinski definition) is 1. The van der Waals surface area contributed by atoms with Crippen molar-refractivity contribution >= 4 is 0 Å². The Morgan fingerprint density at radius 1 is 0.895 bits per heavy atom. The molecule has 1 N–H and O–H groups in total. The summed E-state index contributed by atoms with van der Waals surface area (Å²) in [5.41, 5.74) is -0.670. The minimum Gasteiger partial charge on any atom is -0.385 e. The summed E-state index contributed by atoms with van der Waals surface area (Å²) in [6.45, 7) is 0. The smallest absolute Gasteiger partial charge is 0.164 e. The highest BCUT2D eigenvalue weighted by Gasteiger charge is 2.44. The monoisotopic (exact) mass is 266 g/mol. The summed E-state index contributed by atoms with van der Waals surface area (Å²) >= 11 is 0. The minimum atomic E-state index is -1.18. The third-order valence-corrected chi connectivity index (χ3v) is 5.25. The molecule has 0 saturated heterocycles. The van der Waals surface area contributed by atoms with E-state index < -0.39 is 17.2 Å². The number of rotatable bonds is 1. The SMILES string of the molecule is OC1(c2cccc(F)c2F)CCC2(CCCC2)CC1. The molecule has 1 aromatic carbocycles. The Kier molecular flexibility index (Phi) is 3.12. The van der Waals surface area contributed by atoms with Crippen LogP contribution in [0.2, 0.25) is 0 Å². The maximum Gasteiger partial charge on any atom is 0.164 e. The highest BCUT2D eigenvalue weighted by atomic mass is 19.2. The summed E-state index contributed by atoms with van der Waals surface area (Å²) in [4.78, 5) is 0. The molecule has 3 rings (SSSR count). The average Bonchev–Trinajstić information content (AvgIpc) is 2.86. The molecule has 0 aliphatic heterocycles. The molecule has 3 heteroatoms. The van der Waals surface area contributed by atoms with Gasteiger partial charge in [0.1, 0.15) is 0 Å². The van der Waals surface area contributed by atoms with E-state index >= 15 is 0 Å². The second-order valence-electron chi connectivity index (χ2n) is 6.34. The largest absolute Gasteiger partial charge is 0.385 e. The van der Waals surface area contributed by atoms with Gasteiger partial charge >= 0.3 is 0 Å². The summed E-state index contributed by atoms with van der Waals surface area (Å²) in [7, 11) is 0. The first kappa shape index (κ1) is 13.0. The zero-order valence-electron chi connectivity index (χ0n) is 11.1. The third kappa shape index (κ3) is 2.18. The van der Waals surface area contributed by atoms with E-state index in [9.17, 15) is 13.9 Å². The van der Waals surface area contributed by atoms with Crippen molar-refractivity contribution in [2.75, 3.05) is 0 Å². The first-order valence-corrected chi connectivity index (χ1v) is 7.22. The Morgan fingerprint density at radius 3 is 2.16 bits per heavy atom. The first-order chi connectivity index (χ1) is 9.05. The highest BCUT2D eigenvalue weighted by molar-refractivity contribution is 5.26. The predicted octanol–water partition coefficient (Wildman–Crippen LogP) is 4.29. The normalized spacial score (nSPS) is 24.8. The summed E-state index contributed by atoms with van der Waals surface area (Å²) in [6.07, 6.45) is 7.96. The van der Waals surface area contributed by atoms with Gasteiger partial charge in [-0.3, -0.25) is 0 Å². The molecule has 0 radical (unpaired) electrons. The summed E-state index contributed by atoms with van der Waals surface area (Å²) in [5.74, 6) is -1.75. The number of benzene rings is 1. The van der Waals surface area contributed by atoms with Gasteiger partial charge in [0.15, 0.2) is 11.6 Å². The fraction of sp³-hybridized carbons (Fsp3) is 0.625. The van der Waals surface area contributed by atoms with Crippen LogP contribution in [0.15, 0.2) is 18.2 Å². The molecule has 1 spiro atoms. The molecule has 2 saturated carbocycles. The molecule has 2 aliphatic carbocycles. The lowest BCUT2D eigenvalue weighted by Crippen LogP contribution is -2.36. The molecule has 104 valence electrons. The van der Waals surface area contributed by atoms with Gasteiger partial charge in [0.05, 0.1) is 5.60 Å². The van der Waals surface area contributed by atoms with E-state index in [0.717, 1.165) is 18.9 Å². The number of halogens is 2. The van der Waals surface area contributed by atoms with Crippen molar-refractivity contribution in [2.45, 2.75) is 57.0 Å². The zero-order valence-corrected chi connectivity index (χ0v) is 11.1. The second kappa shape index (κ2) is 4.55. The Labute approximate surface area is 112 Å². The van der Waals surface area contributed by atoms with Crippen molar-refractivity contribution in [3.05, 3.63) is 35.4 Å². The van der Waals surface area contributed by atoms with Crippen molar-refractivity contribution in [1.29, 1.82) is 0 Å². The summed E-state index contributed by atoms with van der Waals surface area (Å²) in [6, 6.07) is 4.10. The topological polar surface area (TPSA) is 20.2 Å². The lowest BCUT2D eigenvalue weighted by molar-refractivity contribution is -0.0404. The zero-order chi connectivity index (χ0) is 13.5. The Morgan fingerprint density at radius 2 is 1.53 bits per heavy atom. The van der Waals surface area contributed by atoms with Crippen LogP contribution >= 0.6 is 0 Å². The summed E-state index contributed by atoms with van der Waals surface area (Å²) in [5, 5.41) is 10.7. The second-order valence-corrected chi connectivity index (χ2v) is 6.34. The van der Waals surface area contributed by atoms with Gasteiger partial charge < -0.3 is 5.11 Å². The first-order valence-electron chi connectivity index (χ1n) is 7.22. The number of hydrogen-bond acceptors (Lipinski definition) is 1. The van der Waals surface area contributed by atoms with Crippen LogP contribution < -0.4 is 0 Å². The van der Waals surface area contributed by atoms with Gasteiger partial charge in [-0.2, -0.15) is 0 Å². The number of aliphatic hydroxyl groups is 1. The molecule has 0 bridgehead atoms. The van der Waals surface area contributed by atoms with E-state index in [4.69, 9.17) is 0 Å². The van der Waals surface area contributed by atoms with E-state index in [1.807, 2.05) is 0 Å². The van der Waals surface area contributed by atoms with Crippen LogP contribution in [0.25, 0.3) is 0 Å². The van der Waals surface area contributed by atoms with Gasteiger partial charge in [-0.15, -0.1) is 0 Å². The van der Waals surface area contributed by atoms with Crippen LogP contribution in [-0.4, -0.2) is 5.11 Å². The van der Waals surface area contributed by atoms with Crippen LogP contribution in [-0.2, 0) is 5.60 Å². The van der Waals surface area contributed by atoms with Crippen molar-refractivity contribution in [2.24, 2.45) is 5.41 Å². The van der Waals surface area contributed by atoms with Crippen LogP contribution in [0.1, 0.15) is 56.9 Å². The fourth-order valence-corrected chi connectivity index (χ4v) is 3.95. The Hall–Kier alpha value is -0.960. The van der Waals surface area contributed by atoms with E-state index in [0.29, 0.717) is 18.3 Å². The molecule has 1 nitrogen and oxygen atoms in total. The standard InChI is InChI=1S/C16H20F2O/c17-13-5-3-4-12(14(13)18)16(19)10-8-15(9-11-16)6-1-2-7-15/h3-5,19H,1-2,6-11H2. The lowest BCUT2D eigenvalue weighted by atomic mass is 9.66.